The lowest BCUT2D eigenvalue weighted by Gasteiger charge is -2.05. The average Bonchev–Trinajstić information content (AvgIpc) is 2.61. The van der Waals surface area contributed by atoms with Gasteiger partial charge in [-0.1, -0.05) is 29.5 Å². The molecule has 4 nitrogen and oxygen atoms in total. The number of aromatic nitrogens is 3. The van der Waals surface area contributed by atoms with Crippen LogP contribution < -0.4 is 5.32 Å². The molecule has 0 saturated carbocycles. The van der Waals surface area contributed by atoms with Gasteiger partial charge in [0.1, 0.15) is 12.2 Å². The Bertz CT molecular complexity index is 249. The molecule has 0 spiro atoms. The minimum absolute atomic E-state index is 0.830. The molecular weight excluding hydrogens is 291 g/mol. The van der Waals surface area contributed by atoms with Gasteiger partial charge in [-0.3, -0.25) is 0 Å². The van der Waals surface area contributed by atoms with Crippen molar-refractivity contribution in [3.05, 3.63) is 12.2 Å². The van der Waals surface area contributed by atoms with Gasteiger partial charge < -0.3 is 5.32 Å². The summed E-state index contributed by atoms with van der Waals surface area (Å²) in [6.45, 7) is 5.00. The summed E-state index contributed by atoms with van der Waals surface area (Å²) in [4.78, 5) is 4.22. The molecular formula is C9H17IN4. The SMILES string of the molecule is CCCn1ncnc1CNCCCI. The fourth-order valence-electron chi connectivity index (χ4n) is 1.22. The Labute approximate surface area is 98.6 Å². The average molecular weight is 308 g/mol. The Morgan fingerprint density at radius 1 is 1.57 bits per heavy atom. The lowest BCUT2D eigenvalue weighted by atomic mass is 10.4. The number of rotatable bonds is 7. The van der Waals surface area contributed by atoms with E-state index in [0.717, 1.165) is 31.9 Å². The first kappa shape index (κ1) is 11.9. The van der Waals surface area contributed by atoms with Gasteiger partial charge in [0, 0.05) is 11.0 Å². The molecule has 1 rings (SSSR count). The van der Waals surface area contributed by atoms with Gasteiger partial charge >= 0.3 is 0 Å². The minimum Gasteiger partial charge on any atom is -0.310 e. The molecule has 1 aromatic heterocycles. The van der Waals surface area contributed by atoms with Crippen LogP contribution in [0.3, 0.4) is 0 Å². The highest BCUT2D eigenvalue weighted by Crippen LogP contribution is 1.95. The molecule has 5 heteroatoms. The number of aryl methyl sites for hydroxylation is 1. The Morgan fingerprint density at radius 2 is 2.43 bits per heavy atom. The zero-order valence-electron chi connectivity index (χ0n) is 8.54. The van der Waals surface area contributed by atoms with Gasteiger partial charge in [0.15, 0.2) is 0 Å². The van der Waals surface area contributed by atoms with Crippen molar-refractivity contribution in [1.82, 2.24) is 20.1 Å². The molecule has 0 amide bonds. The highest BCUT2D eigenvalue weighted by atomic mass is 127. The lowest BCUT2D eigenvalue weighted by Crippen LogP contribution is -2.19. The van der Waals surface area contributed by atoms with E-state index in [1.165, 1.54) is 10.8 Å². The first-order valence-corrected chi connectivity index (χ1v) is 6.54. The maximum absolute atomic E-state index is 4.22. The van der Waals surface area contributed by atoms with Gasteiger partial charge in [-0.25, -0.2) is 9.67 Å². The van der Waals surface area contributed by atoms with E-state index in [2.05, 4.69) is 44.9 Å². The number of hydrogen-bond donors (Lipinski definition) is 1. The monoisotopic (exact) mass is 308 g/mol. The Morgan fingerprint density at radius 3 is 3.14 bits per heavy atom. The number of halogens is 1. The minimum atomic E-state index is 0.830. The molecule has 0 aromatic carbocycles. The van der Waals surface area contributed by atoms with Crippen molar-refractivity contribution in [2.45, 2.75) is 32.9 Å². The molecule has 1 heterocycles. The molecule has 1 N–H and O–H groups in total. The Hall–Kier alpha value is -0.170. The zero-order valence-corrected chi connectivity index (χ0v) is 10.7. The third-order valence-electron chi connectivity index (χ3n) is 1.90. The maximum Gasteiger partial charge on any atom is 0.140 e. The topological polar surface area (TPSA) is 42.7 Å². The van der Waals surface area contributed by atoms with Crippen LogP contribution in [0.4, 0.5) is 0 Å². The third kappa shape index (κ3) is 3.91. The second-order valence-corrected chi connectivity index (χ2v) is 4.20. The number of hydrogen-bond acceptors (Lipinski definition) is 3. The molecule has 80 valence electrons. The van der Waals surface area contributed by atoms with Gasteiger partial charge in [0.05, 0.1) is 6.54 Å². The summed E-state index contributed by atoms with van der Waals surface area (Å²) in [5.74, 6) is 1.04. The van der Waals surface area contributed by atoms with Gasteiger partial charge in [0.2, 0.25) is 0 Å². The van der Waals surface area contributed by atoms with Crippen molar-refractivity contribution in [2.75, 3.05) is 11.0 Å². The molecule has 0 unspecified atom stereocenters. The Balaban J connectivity index is 2.30. The highest BCUT2D eigenvalue weighted by molar-refractivity contribution is 14.1. The van der Waals surface area contributed by atoms with E-state index >= 15 is 0 Å². The smallest absolute Gasteiger partial charge is 0.140 e. The van der Waals surface area contributed by atoms with E-state index in [1.807, 2.05) is 4.68 Å². The van der Waals surface area contributed by atoms with Crippen molar-refractivity contribution in [3.8, 4) is 0 Å². The summed E-state index contributed by atoms with van der Waals surface area (Å²) >= 11 is 2.39. The fourth-order valence-corrected chi connectivity index (χ4v) is 1.60. The summed E-state index contributed by atoms with van der Waals surface area (Å²) in [7, 11) is 0. The molecule has 14 heavy (non-hydrogen) atoms. The van der Waals surface area contributed by atoms with Crippen LogP contribution in [0.25, 0.3) is 0 Å². The summed E-state index contributed by atoms with van der Waals surface area (Å²) < 4.78 is 3.17. The summed E-state index contributed by atoms with van der Waals surface area (Å²) in [6, 6.07) is 0. The molecule has 0 saturated heterocycles. The van der Waals surface area contributed by atoms with Crippen molar-refractivity contribution < 1.29 is 0 Å². The van der Waals surface area contributed by atoms with E-state index in [1.54, 1.807) is 6.33 Å². The molecule has 0 fully saturated rings. The van der Waals surface area contributed by atoms with Crippen molar-refractivity contribution >= 4 is 22.6 Å². The van der Waals surface area contributed by atoms with Crippen LogP contribution in [0, 0.1) is 0 Å². The molecule has 0 atom stereocenters. The predicted molar refractivity (Wildman–Crippen MR) is 65.5 cm³/mol. The normalized spacial score (nSPS) is 10.7. The zero-order chi connectivity index (χ0) is 10.2. The predicted octanol–water partition coefficient (Wildman–Crippen LogP) is 1.60. The molecule has 0 aliphatic heterocycles. The summed E-state index contributed by atoms with van der Waals surface area (Å²) in [5.41, 5.74) is 0. The standard InChI is InChI=1S/C9H17IN4/c1-2-6-14-9(12-8-13-14)7-11-5-3-4-10/h8,11H,2-7H2,1H3. The van der Waals surface area contributed by atoms with E-state index in [4.69, 9.17) is 0 Å². The van der Waals surface area contributed by atoms with Crippen LogP contribution in [-0.4, -0.2) is 25.7 Å². The highest BCUT2D eigenvalue weighted by Gasteiger charge is 2.01. The first-order chi connectivity index (χ1) is 6.88. The van der Waals surface area contributed by atoms with Crippen molar-refractivity contribution in [3.63, 3.8) is 0 Å². The maximum atomic E-state index is 4.22. The largest absolute Gasteiger partial charge is 0.310 e. The van der Waals surface area contributed by atoms with Crippen LogP contribution in [0.5, 0.6) is 0 Å². The molecule has 0 aliphatic rings. The molecule has 0 bridgehead atoms. The van der Waals surface area contributed by atoms with E-state index in [9.17, 15) is 0 Å². The van der Waals surface area contributed by atoms with Crippen molar-refractivity contribution in [2.24, 2.45) is 0 Å². The summed E-state index contributed by atoms with van der Waals surface area (Å²) in [6.07, 6.45) is 3.94. The Kier molecular flexibility index (Phi) is 6.09. The third-order valence-corrected chi connectivity index (χ3v) is 2.66. The molecule has 0 radical (unpaired) electrons. The molecule has 0 aliphatic carbocycles. The number of nitrogens with zero attached hydrogens (tertiary/aromatic N) is 3. The second kappa shape index (κ2) is 7.17. The van der Waals surface area contributed by atoms with Gasteiger partial charge in [-0.05, 0) is 19.4 Å². The van der Waals surface area contributed by atoms with E-state index < -0.39 is 0 Å². The van der Waals surface area contributed by atoms with Crippen LogP contribution in [-0.2, 0) is 13.1 Å². The first-order valence-electron chi connectivity index (χ1n) is 5.01. The number of alkyl halides is 1. The quantitative estimate of drug-likeness (QED) is 0.473. The second-order valence-electron chi connectivity index (χ2n) is 3.12. The van der Waals surface area contributed by atoms with Gasteiger partial charge in [0.25, 0.3) is 0 Å². The van der Waals surface area contributed by atoms with Crippen LogP contribution in [0.15, 0.2) is 6.33 Å². The van der Waals surface area contributed by atoms with E-state index in [-0.39, 0.29) is 0 Å². The fraction of sp³-hybridized carbons (Fsp3) is 0.778. The van der Waals surface area contributed by atoms with Crippen LogP contribution >= 0.6 is 22.6 Å². The summed E-state index contributed by atoms with van der Waals surface area (Å²) in [5, 5.41) is 7.53. The van der Waals surface area contributed by atoms with Crippen molar-refractivity contribution in [1.29, 1.82) is 0 Å². The van der Waals surface area contributed by atoms with Gasteiger partial charge in [-0.15, -0.1) is 0 Å². The van der Waals surface area contributed by atoms with Crippen LogP contribution in [0.2, 0.25) is 0 Å². The molecule has 1 aromatic rings. The lowest BCUT2D eigenvalue weighted by molar-refractivity contribution is 0.542. The number of nitrogens with one attached hydrogen (secondary N) is 1. The van der Waals surface area contributed by atoms with Gasteiger partial charge in [-0.2, -0.15) is 5.10 Å². The van der Waals surface area contributed by atoms with Crippen LogP contribution in [0.1, 0.15) is 25.6 Å². The van der Waals surface area contributed by atoms with E-state index in [0.29, 0.717) is 0 Å².